The maximum Gasteiger partial charge on any atom is 0.229 e. The third-order valence-corrected chi connectivity index (χ3v) is 3.62. The molecule has 18 heavy (non-hydrogen) atoms. The van der Waals surface area contributed by atoms with Crippen LogP contribution in [0.4, 0.5) is 0 Å². The molecule has 2 heterocycles. The van der Waals surface area contributed by atoms with Gasteiger partial charge in [0.05, 0.1) is 5.60 Å². The lowest BCUT2D eigenvalue weighted by Crippen LogP contribution is -2.46. The van der Waals surface area contributed by atoms with Crippen molar-refractivity contribution in [1.29, 1.82) is 0 Å². The maximum atomic E-state index is 11.4. The van der Waals surface area contributed by atoms with Crippen LogP contribution < -0.4 is 5.32 Å². The number of amides is 2. The van der Waals surface area contributed by atoms with Crippen LogP contribution in [0.3, 0.4) is 0 Å². The summed E-state index contributed by atoms with van der Waals surface area (Å²) in [6.45, 7) is 6.13. The summed E-state index contributed by atoms with van der Waals surface area (Å²) in [5, 5.41) is 3.42. The molecule has 2 fully saturated rings. The number of hydrogen-bond donors (Lipinski definition) is 1. The lowest BCUT2D eigenvalue weighted by atomic mass is 9.94. The van der Waals surface area contributed by atoms with E-state index in [1.807, 2.05) is 0 Å². The summed E-state index contributed by atoms with van der Waals surface area (Å²) in [6.07, 6.45) is 2.71. The van der Waals surface area contributed by atoms with Crippen LogP contribution >= 0.6 is 0 Å². The van der Waals surface area contributed by atoms with Crippen LogP contribution in [0.25, 0.3) is 0 Å². The van der Waals surface area contributed by atoms with E-state index in [0.717, 1.165) is 19.4 Å². The molecule has 2 aliphatic rings. The first kappa shape index (κ1) is 13.5. The summed E-state index contributed by atoms with van der Waals surface area (Å²) in [7, 11) is 0. The zero-order valence-corrected chi connectivity index (χ0v) is 11.2. The number of nitrogens with zero attached hydrogens (tertiary/aromatic N) is 1. The van der Waals surface area contributed by atoms with Gasteiger partial charge in [0.15, 0.2) is 0 Å². The Labute approximate surface area is 108 Å². The lowest BCUT2D eigenvalue weighted by Gasteiger charge is -2.36. The van der Waals surface area contributed by atoms with Crippen molar-refractivity contribution in [2.45, 2.75) is 51.2 Å². The van der Waals surface area contributed by atoms with Crippen LogP contribution in [-0.4, -0.2) is 48.1 Å². The number of ether oxygens (including phenoxy) is 1. The maximum absolute atomic E-state index is 11.4. The monoisotopic (exact) mass is 254 g/mol. The van der Waals surface area contributed by atoms with E-state index in [2.05, 4.69) is 19.2 Å². The zero-order valence-electron chi connectivity index (χ0n) is 11.2. The fourth-order valence-electron chi connectivity index (χ4n) is 2.66. The Morgan fingerprint density at radius 2 is 2.00 bits per heavy atom. The molecule has 0 aromatic carbocycles. The van der Waals surface area contributed by atoms with Gasteiger partial charge in [0.2, 0.25) is 11.8 Å². The minimum absolute atomic E-state index is 0.0332. The Balaban J connectivity index is 1.72. The third kappa shape index (κ3) is 3.29. The molecule has 0 aromatic rings. The molecule has 5 heteroatoms. The van der Waals surface area contributed by atoms with Gasteiger partial charge >= 0.3 is 0 Å². The number of nitrogens with one attached hydrogen (secondary N) is 1. The van der Waals surface area contributed by atoms with Crippen LogP contribution in [0.1, 0.15) is 39.5 Å². The number of likely N-dealkylation sites (tertiary alicyclic amines) is 1. The molecule has 5 nitrogen and oxygen atoms in total. The number of imide groups is 1. The molecule has 2 aliphatic heterocycles. The van der Waals surface area contributed by atoms with E-state index >= 15 is 0 Å². The molecule has 0 bridgehead atoms. The summed E-state index contributed by atoms with van der Waals surface area (Å²) in [6, 6.07) is 0.418. The van der Waals surface area contributed by atoms with Gasteiger partial charge in [-0.1, -0.05) is 0 Å². The number of rotatable bonds is 4. The first-order valence-electron chi connectivity index (χ1n) is 6.68. The van der Waals surface area contributed by atoms with Crippen molar-refractivity contribution in [3.05, 3.63) is 0 Å². The summed E-state index contributed by atoms with van der Waals surface area (Å²) >= 11 is 0. The van der Waals surface area contributed by atoms with Gasteiger partial charge < -0.3 is 10.1 Å². The van der Waals surface area contributed by atoms with Gasteiger partial charge in [-0.3, -0.25) is 14.5 Å². The third-order valence-electron chi connectivity index (χ3n) is 3.62. The lowest BCUT2D eigenvalue weighted by molar-refractivity contribution is -0.138. The molecule has 2 amide bonds. The van der Waals surface area contributed by atoms with Crippen molar-refractivity contribution in [2.24, 2.45) is 0 Å². The standard InChI is InChI=1S/C13H22N2O3/c1-13(2)9-10(5-8-18-13)14-6-7-15-11(16)3-4-12(15)17/h10,14H,3-9H2,1-2H3. The van der Waals surface area contributed by atoms with Crippen molar-refractivity contribution >= 4 is 11.8 Å². The Bertz CT molecular complexity index is 325. The molecule has 0 aliphatic carbocycles. The van der Waals surface area contributed by atoms with Gasteiger partial charge in [-0.2, -0.15) is 0 Å². The largest absolute Gasteiger partial charge is 0.375 e. The van der Waals surface area contributed by atoms with E-state index in [1.54, 1.807) is 0 Å². The van der Waals surface area contributed by atoms with Crippen molar-refractivity contribution in [3.8, 4) is 0 Å². The highest BCUT2D eigenvalue weighted by molar-refractivity contribution is 6.01. The van der Waals surface area contributed by atoms with E-state index in [-0.39, 0.29) is 17.4 Å². The first-order chi connectivity index (χ1) is 8.48. The van der Waals surface area contributed by atoms with Gasteiger partial charge in [-0.05, 0) is 26.7 Å². The molecule has 0 radical (unpaired) electrons. The predicted molar refractivity (Wildman–Crippen MR) is 67.0 cm³/mol. The molecule has 1 unspecified atom stereocenters. The average molecular weight is 254 g/mol. The molecule has 2 saturated heterocycles. The van der Waals surface area contributed by atoms with Gasteiger partial charge in [0.25, 0.3) is 0 Å². The minimum Gasteiger partial charge on any atom is -0.375 e. The second-order valence-electron chi connectivity index (χ2n) is 5.69. The molecular formula is C13H22N2O3. The quantitative estimate of drug-likeness (QED) is 0.750. The van der Waals surface area contributed by atoms with Crippen LogP contribution in [0, 0.1) is 0 Å². The van der Waals surface area contributed by atoms with Crippen molar-refractivity contribution < 1.29 is 14.3 Å². The Hall–Kier alpha value is -0.940. The van der Waals surface area contributed by atoms with E-state index < -0.39 is 0 Å². The van der Waals surface area contributed by atoms with Crippen LogP contribution in [-0.2, 0) is 14.3 Å². The highest BCUT2D eigenvalue weighted by Crippen LogP contribution is 2.23. The van der Waals surface area contributed by atoms with Gasteiger partial charge in [-0.25, -0.2) is 0 Å². The fraction of sp³-hybridized carbons (Fsp3) is 0.846. The first-order valence-corrected chi connectivity index (χ1v) is 6.68. The molecule has 2 rings (SSSR count). The number of hydrogen-bond acceptors (Lipinski definition) is 4. The highest BCUT2D eigenvalue weighted by Gasteiger charge is 2.30. The van der Waals surface area contributed by atoms with E-state index in [4.69, 9.17) is 4.74 Å². The van der Waals surface area contributed by atoms with E-state index in [9.17, 15) is 9.59 Å². The summed E-state index contributed by atoms with van der Waals surface area (Å²) in [4.78, 5) is 24.2. The van der Waals surface area contributed by atoms with Gasteiger partial charge in [-0.15, -0.1) is 0 Å². The van der Waals surface area contributed by atoms with Crippen molar-refractivity contribution in [3.63, 3.8) is 0 Å². The second-order valence-corrected chi connectivity index (χ2v) is 5.69. The van der Waals surface area contributed by atoms with Crippen LogP contribution in [0.5, 0.6) is 0 Å². The normalized spacial score (nSPS) is 27.9. The summed E-state index contributed by atoms with van der Waals surface area (Å²) in [5.41, 5.74) is -0.0742. The SMILES string of the molecule is CC1(C)CC(NCCN2C(=O)CCC2=O)CCO1. The average Bonchev–Trinajstić information content (AvgIpc) is 2.59. The van der Waals surface area contributed by atoms with Crippen LogP contribution in [0.2, 0.25) is 0 Å². The number of carbonyl (C=O) groups excluding carboxylic acids is 2. The Kier molecular flexibility index (Phi) is 4.02. The zero-order chi connectivity index (χ0) is 13.2. The van der Waals surface area contributed by atoms with Gasteiger partial charge in [0.1, 0.15) is 0 Å². The van der Waals surface area contributed by atoms with Crippen molar-refractivity contribution in [1.82, 2.24) is 10.2 Å². The second kappa shape index (κ2) is 5.36. The predicted octanol–water partition coefficient (Wildman–Crippen LogP) is 0.683. The molecule has 0 saturated carbocycles. The Morgan fingerprint density at radius 1 is 1.33 bits per heavy atom. The minimum atomic E-state index is -0.0742. The van der Waals surface area contributed by atoms with E-state index in [0.29, 0.717) is 32.0 Å². The fourth-order valence-corrected chi connectivity index (χ4v) is 2.66. The topological polar surface area (TPSA) is 58.6 Å². The molecule has 102 valence electrons. The highest BCUT2D eigenvalue weighted by atomic mass is 16.5. The summed E-state index contributed by atoms with van der Waals surface area (Å²) < 4.78 is 5.65. The molecule has 1 atom stereocenters. The Morgan fingerprint density at radius 3 is 2.61 bits per heavy atom. The number of carbonyl (C=O) groups is 2. The van der Waals surface area contributed by atoms with Gasteiger partial charge in [0, 0.05) is 38.6 Å². The molecule has 0 aromatic heterocycles. The van der Waals surface area contributed by atoms with E-state index in [1.165, 1.54) is 4.90 Å². The smallest absolute Gasteiger partial charge is 0.229 e. The molecule has 1 N–H and O–H groups in total. The van der Waals surface area contributed by atoms with Crippen molar-refractivity contribution in [2.75, 3.05) is 19.7 Å². The molecular weight excluding hydrogens is 232 g/mol. The summed E-state index contributed by atoms with van der Waals surface area (Å²) in [5.74, 6) is -0.0665. The van der Waals surface area contributed by atoms with Crippen LogP contribution in [0.15, 0.2) is 0 Å². The molecule has 0 spiro atoms.